The first kappa shape index (κ1) is 11.4. The van der Waals surface area contributed by atoms with E-state index in [0.717, 1.165) is 22.0 Å². The van der Waals surface area contributed by atoms with Gasteiger partial charge in [-0.3, -0.25) is 0 Å². The van der Waals surface area contributed by atoms with Gasteiger partial charge in [-0.1, -0.05) is 11.6 Å². The van der Waals surface area contributed by atoms with Gasteiger partial charge in [-0.25, -0.2) is 9.78 Å². The molecule has 2 N–H and O–H groups in total. The fourth-order valence-corrected chi connectivity index (χ4v) is 1.92. The summed E-state index contributed by atoms with van der Waals surface area (Å²) in [5, 5.41) is 0.871. The van der Waals surface area contributed by atoms with Gasteiger partial charge < -0.3 is 10.5 Å². The summed E-state index contributed by atoms with van der Waals surface area (Å²) < 4.78 is 4.65. The number of hydrogen-bond donors (Lipinski definition) is 1. The van der Waals surface area contributed by atoms with Gasteiger partial charge in [0.15, 0.2) is 5.69 Å². The van der Waals surface area contributed by atoms with E-state index in [-0.39, 0.29) is 5.69 Å². The predicted octanol–water partition coefficient (Wildman–Crippen LogP) is 2.22. The van der Waals surface area contributed by atoms with Crippen LogP contribution in [0.4, 0.5) is 5.69 Å². The summed E-state index contributed by atoms with van der Waals surface area (Å²) >= 11 is 0. The first-order valence-corrected chi connectivity index (χ1v) is 5.28. The van der Waals surface area contributed by atoms with Crippen LogP contribution in [0.2, 0.25) is 0 Å². The predicted molar refractivity (Wildman–Crippen MR) is 67.0 cm³/mol. The number of benzene rings is 1. The summed E-state index contributed by atoms with van der Waals surface area (Å²) in [4.78, 5) is 15.7. The van der Waals surface area contributed by atoms with Crippen LogP contribution in [0, 0.1) is 13.8 Å². The van der Waals surface area contributed by atoms with Crippen LogP contribution in [0.15, 0.2) is 18.2 Å². The molecule has 0 radical (unpaired) electrons. The molecule has 2 rings (SSSR count). The van der Waals surface area contributed by atoms with Gasteiger partial charge in [-0.2, -0.15) is 0 Å². The van der Waals surface area contributed by atoms with Gasteiger partial charge in [0.2, 0.25) is 0 Å². The highest BCUT2D eigenvalue weighted by Crippen LogP contribution is 2.25. The molecule has 1 aromatic heterocycles. The number of rotatable bonds is 1. The number of nitrogens with two attached hydrogens (primary N) is 1. The lowest BCUT2D eigenvalue weighted by Gasteiger charge is -2.08. The normalized spacial score (nSPS) is 10.5. The van der Waals surface area contributed by atoms with Crippen molar-refractivity contribution >= 4 is 22.6 Å². The molecule has 0 aliphatic rings. The number of pyridine rings is 1. The van der Waals surface area contributed by atoms with E-state index in [1.807, 2.05) is 26.0 Å². The maximum Gasteiger partial charge on any atom is 0.356 e. The van der Waals surface area contributed by atoms with E-state index in [4.69, 9.17) is 5.73 Å². The highest BCUT2D eigenvalue weighted by Gasteiger charge is 2.12. The average molecular weight is 230 g/mol. The van der Waals surface area contributed by atoms with Gasteiger partial charge in [-0.05, 0) is 31.5 Å². The van der Waals surface area contributed by atoms with Crippen LogP contribution in [-0.2, 0) is 4.74 Å². The molecule has 0 saturated heterocycles. The number of carbonyl (C=O) groups is 1. The minimum absolute atomic E-state index is 0.240. The van der Waals surface area contributed by atoms with Gasteiger partial charge in [0.1, 0.15) is 0 Å². The quantitative estimate of drug-likeness (QED) is 0.763. The van der Waals surface area contributed by atoms with Crippen molar-refractivity contribution in [3.05, 3.63) is 35.0 Å². The molecule has 0 atom stereocenters. The monoisotopic (exact) mass is 230 g/mol. The minimum Gasteiger partial charge on any atom is -0.464 e. The SMILES string of the molecule is COC(=O)c1cc(N)c2cc(C)cc(C)c2n1. The minimum atomic E-state index is -0.474. The van der Waals surface area contributed by atoms with Crippen molar-refractivity contribution in [3.8, 4) is 0 Å². The molecule has 17 heavy (non-hydrogen) atoms. The maximum absolute atomic E-state index is 11.4. The number of hydrogen-bond acceptors (Lipinski definition) is 4. The lowest BCUT2D eigenvalue weighted by molar-refractivity contribution is 0.0594. The van der Waals surface area contributed by atoms with Crippen molar-refractivity contribution in [2.75, 3.05) is 12.8 Å². The second kappa shape index (κ2) is 4.05. The van der Waals surface area contributed by atoms with Crippen LogP contribution < -0.4 is 5.73 Å². The number of aromatic nitrogens is 1. The standard InChI is InChI=1S/C13H14N2O2/c1-7-4-8(2)12-9(5-7)10(14)6-11(15-12)13(16)17-3/h4-6H,1-3H3,(H2,14,15). The van der Waals surface area contributed by atoms with Gasteiger partial charge in [0.05, 0.1) is 12.6 Å². The topological polar surface area (TPSA) is 65.2 Å². The van der Waals surface area contributed by atoms with Crippen LogP contribution >= 0.6 is 0 Å². The van der Waals surface area contributed by atoms with E-state index < -0.39 is 5.97 Å². The molecule has 0 bridgehead atoms. The summed E-state index contributed by atoms with van der Waals surface area (Å²) in [7, 11) is 1.33. The maximum atomic E-state index is 11.4. The molecule has 0 aliphatic heterocycles. The number of nitrogen functional groups attached to an aromatic ring is 1. The zero-order chi connectivity index (χ0) is 12.6. The Balaban J connectivity index is 2.77. The molecule has 88 valence electrons. The lowest BCUT2D eigenvalue weighted by atomic mass is 10.0. The summed E-state index contributed by atoms with van der Waals surface area (Å²) in [5.74, 6) is -0.474. The number of ether oxygens (including phenoxy) is 1. The number of fused-ring (bicyclic) bond motifs is 1. The molecule has 0 spiro atoms. The highest BCUT2D eigenvalue weighted by molar-refractivity contribution is 5.98. The molecule has 0 fully saturated rings. The molecule has 4 nitrogen and oxygen atoms in total. The second-order valence-corrected chi connectivity index (χ2v) is 4.07. The van der Waals surface area contributed by atoms with Crippen molar-refractivity contribution in [2.24, 2.45) is 0 Å². The molecule has 1 heterocycles. The third kappa shape index (κ3) is 1.93. The fraction of sp³-hybridized carbons (Fsp3) is 0.231. The Morgan fingerprint density at radius 1 is 1.29 bits per heavy atom. The van der Waals surface area contributed by atoms with E-state index in [9.17, 15) is 4.79 Å². The van der Waals surface area contributed by atoms with Crippen LogP contribution in [0.25, 0.3) is 10.9 Å². The van der Waals surface area contributed by atoms with E-state index >= 15 is 0 Å². The summed E-state index contributed by atoms with van der Waals surface area (Å²) in [5.41, 5.74) is 9.59. The molecule has 0 saturated carbocycles. The first-order chi connectivity index (χ1) is 8.02. The molecule has 4 heteroatoms. The lowest BCUT2D eigenvalue weighted by Crippen LogP contribution is -2.06. The Bertz CT molecular complexity index is 606. The van der Waals surface area contributed by atoms with E-state index in [1.54, 1.807) is 6.07 Å². The second-order valence-electron chi connectivity index (χ2n) is 4.07. The van der Waals surface area contributed by atoms with Crippen LogP contribution in [0.5, 0.6) is 0 Å². The largest absolute Gasteiger partial charge is 0.464 e. The van der Waals surface area contributed by atoms with Gasteiger partial charge in [0.25, 0.3) is 0 Å². The number of carbonyl (C=O) groups excluding carboxylic acids is 1. The van der Waals surface area contributed by atoms with Crippen molar-refractivity contribution in [1.29, 1.82) is 0 Å². The van der Waals surface area contributed by atoms with Crippen LogP contribution in [0.3, 0.4) is 0 Å². The Kier molecular flexibility index (Phi) is 2.71. The summed E-state index contributed by atoms with van der Waals surface area (Å²) in [6.07, 6.45) is 0. The van der Waals surface area contributed by atoms with E-state index in [2.05, 4.69) is 9.72 Å². The molecular weight excluding hydrogens is 216 g/mol. The van der Waals surface area contributed by atoms with Crippen molar-refractivity contribution in [1.82, 2.24) is 4.98 Å². The van der Waals surface area contributed by atoms with Crippen molar-refractivity contribution in [3.63, 3.8) is 0 Å². The van der Waals surface area contributed by atoms with E-state index in [1.165, 1.54) is 7.11 Å². The number of aryl methyl sites for hydroxylation is 2. The summed E-state index contributed by atoms with van der Waals surface area (Å²) in [6.45, 7) is 3.95. The first-order valence-electron chi connectivity index (χ1n) is 5.28. The number of anilines is 1. The van der Waals surface area contributed by atoms with E-state index in [0.29, 0.717) is 5.69 Å². The van der Waals surface area contributed by atoms with Gasteiger partial charge in [-0.15, -0.1) is 0 Å². The molecule has 1 aromatic carbocycles. The van der Waals surface area contributed by atoms with Crippen molar-refractivity contribution < 1.29 is 9.53 Å². The number of esters is 1. The Morgan fingerprint density at radius 2 is 2.00 bits per heavy atom. The zero-order valence-electron chi connectivity index (χ0n) is 10.1. The van der Waals surface area contributed by atoms with Crippen molar-refractivity contribution in [2.45, 2.75) is 13.8 Å². The van der Waals surface area contributed by atoms with Gasteiger partial charge in [0, 0.05) is 11.1 Å². The molecular formula is C13H14N2O2. The Morgan fingerprint density at radius 3 is 2.65 bits per heavy atom. The zero-order valence-corrected chi connectivity index (χ0v) is 10.1. The third-order valence-electron chi connectivity index (χ3n) is 2.67. The van der Waals surface area contributed by atoms with Gasteiger partial charge >= 0.3 is 5.97 Å². The molecule has 0 unspecified atom stereocenters. The average Bonchev–Trinajstić information content (AvgIpc) is 2.29. The van der Waals surface area contributed by atoms with Crippen LogP contribution in [0.1, 0.15) is 21.6 Å². The summed E-state index contributed by atoms with van der Waals surface area (Å²) in [6, 6.07) is 5.52. The molecule has 0 amide bonds. The number of methoxy groups -OCH3 is 1. The Hall–Kier alpha value is -2.10. The Labute approximate surface area is 99.4 Å². The number of nitrogens with zero attached hydrogens (tertiary/aromatic N) is 1. The third-order valence-corrected chi connectivity index (χ3v) is 2.67. The smallest absolute Gasteiger partial charge is 0.356 e. The molecule has 0 aliphatic carbocycles. The highest BCUT2D eigenvalue weighted by atomic mass is 16.5. The van der Waals surface area contributed by atoms with Crippen LogP contribution in [-0.4, -0.2) is 18.1 Å². The molecule has 2 aromatic rings. The fourth-order valence-electron chi connectivity index (χ4n) is 1.92.